The second kappa shape index (κ2) is 4.02. The van der Waals surface area contributed by atoms with Crippen LogP contribution < -0.4 is 0 Å². The van der Waals surface area contributed by atoms with Gasteiger partial charge in [-0.2, -0.15) is 0 Å². The Hall–Kier alpha value is -0.970. The Kier molecular flexibility index (Phi) is 3.67. The number of carbonyl (C=O) groups is 1. The molecule has 0 aliphatic heterocycles. The molecular weight excluding hydrogens is 140 g/mol. The largest absolute Gasteiger partial charge is 0.446 e. The highest BCUT2D eigenvalue weighted by molar-refractivity contribution is 5.67. The van der Waals surface area contributed by atoms with Crippen LogP contribution in [0.25, 0.3) is 0 Å². The first-order valence-electron chi connectivity index (χ1n) is 3.71. The van der Waals surface area contributed by atoms with Crippen molar-refractivity contribution >= 4 is 5.97 Å². The molecule has 0 amide bonds. The van der Waals surface area contributed by atoms with Crippen LogP contribution in [0.5, 0.6) is 0 Å². The fourth-order valence-corrected chi connectivity index (χ4v) is 0.947. The standard InChI is InChI=1S/C9H14O2/c1-5-7-9(4,6-2)11-8(3)10/h2H,5,7H2,1,3-4H3. The molecule has 0 saturated heterocycles. The Morgan fingerprint density at radius 2 is 2.27 bits per heavy atom. The van der Waals surface area contributed by atoms with Gasteiger partial charge in [0.05, 0.1) is 0 Å². The Morgan fingerprint density at radius 1 is 1.73 bits per heavy atom. The van der Waals surface area contributed by atoms with Gasteiger partial charge in [0.15, 0.2) is 5.60 Å². The van der Waals surface area contributed by atoms with E-state index in [-0.39, 0.29) is 5.97 Å². The van der Waals surface area contributed by atoms with Gasteiger partial charge in [0, 0.05) is 6.92 Å². The van der Waals surface area contributed by atoms with E-state index < -0.39 is 5.60 Å². The van der Waals surface area contributed by atoms with Crippen molar-refractivity contribution < 1.29 is 9.53 Å². The average molecular weight is 154 g/mol. The van der Waals surface area contributed by atoms with Crippen molar-refractivity contribution in [1.29, 1.82) is 0 Å². The molecule has 0 saturated carbocycles. The van der Waals surface area contributed by atoms with Crippen molar-refractivity contribution in [3.05, 3.63) is 0 Å². The lowest BCUT2D eigenvalue weighted by Crippen LogP contribution is -2.28. The molecule has 0 rings (SSSR count). The van der Waals surface area contributed by atoms with Gasteiger partial charge >= 0.3 is 5.97 Å². The molecule has 0 aromatic rings. The summed E-state index contributed by atoms with van der Waals surface area (Å²) in [7, 11) is 0. The molecule has 1 unspecified atom stereocenters. The number of carbonyl (C=O) groups excluding carboxylic acids is 1. The quantitative estimate of drug-likeness (QED) is 0.457. The predicted molar refractivity (Wildman–Crippen MR) is 43.9 cm³/mol. The maximum absolute atomic E-state index is 10.6. The van der Waals surface area contributed by atoms with Gasteiger partial charge in [-0.15, -0.1) is 6.42 Å². The van der Waals surface area contributed by atoms with Crippen molar-refractivity contribution in [2.75, 3.05) is 0 Å². The number of hydrogen-bond donors (Lipinski definition) is 0. The van der Waals surface area contributed by atoms with Crippen LogP contribution in [0.4, 0.5) is 0 Å². The number of rotatable bonds is 3. The van der Waals surface area contributed by atoms with Gasteiger partial charge in [0.25, 0.3) is 0 Å². The molecule has 0 aliphatic rings. The van der Waals surface area contributed by atoms with Crippen molar-refractivity contribution in [2.24, 2.45) is 0 Å². The molecule has 1 atom stereocenters. The zero-order valence-electron chi connectivity index (χ0n) is 7.31. The third-order valence-corrected chi connectivity index (χ3v) is 1.40. The molecular formula is C9H14O2. The summed E-state index contributed by atoms with van der Waals surface area (Å²) in [4.78, 5) is 10.6. The van der Waals surface area contributed by atoms with Gasteiger partial charge in [-0.25, -0.2) is 0 Å². The highest BCUT2D eigenvalue weighted by Gasteiger charge is 2.22. The fraction of sp³-hybridized carbons (Fsp3) is 0.667. The molecule has 2 heteroatoms. The number of esters is 1. The maximum Gasteiger partial charge on any atom is 0.304 e. The zero-order chi connectivity index (χ0) is 8.91. The number of terminal acetylenes is 1. The fourth-order valence-electron chi connectivity index (χ4n) is 0.947. The summed E-state index contributed by atoms with van der Waals surface area (Å²) in [6, 6.07) is 0. The minimum atomic E-state index is -0.708. The van der Waals surface area contributed by atoms with Gasteiger partial charge in [0.2, 0.25) is 0 Å². The summed E-state index contributed by atoms with van der Waals surface area (Å²) in [6.45, 7) is 5.11. The molecule has 0 radical (unpaired) electrons. The molecule has 0 fully saturated rings. The van der Waals surface area contributed by atoms with Gasteiger partial charge in [-0.05, 0) is 13.3 Å². The van der Waals surface area contributed by atoms with Crippen LogP contribution in [0.15, 0.2) is 0 Å². The minimum Gasteiger partial charge on any atom is -0.446 e. The average Bonchev–Trinajstić information content (AvgIpc) is 1.87. The highest BCUT2D eigenvalue weighted by Crippen LogP contribution is 2.16. The molecule has 0 aliphatic carbocycles. The van der Waals surface area contributed by atoms with Crippen molar-refractivity contribution in [3.63, 3.8) is 0 Å². The van der Waals surface area contributed by atoms with Crippen LogP contribution in [0.1, 0.15) is 33.6 Å². The van der Waals surface area contributed by atoms with Crippen LogP contribution in [0, 0.1) is 12.3 Å². The normalized spacial score (nSPS) is 14.7. The van der Waals surface area contributed by atoms with Gasteiger partial charge in [0.1, 0.15) is 0 Å². The molecule has 2 nitrogen and oxygen atoms in total. The summed E-state index contributed by atoms with van der Waals surface area (Å²) in [5.41, 5.74) is -0.708. The first kappa shape index (κ1) is 10.0. The van der Waals surface area contributed by atoms with E-state index in [2.05, 4.69) is 5.92 Å². The topological polar surface area (TPSA) is 26.3 Å². The van der Waals surface area contributed by atoms with Crippen LogP contribution >= 0.6 is 0 Å². The summed E-state index contributed by atoms with van der Waals surface area (Å²) in [6.07, 6.45) is 6.84. The summed E-state index contributed by atoms with van der Waals surface area (Å²) >= 11 is 0. The van der Waals surface area contributed by atoms with E-state index in [1.54, 1.807) is 6.92 Å². The second-order valence-corrected chi connectivity index (χ2v) is 2.72. The van der Waals surface area contributed by atoms with E-state index in [1.165, 1.54) is 6.92 Å². The van der Waals surface area contributed by atoms with Gasteiger partial charge in [-0.1, -0.05) is 19.3 Å². The predicted octanol–water partition coefficient (Wildman–Crippen LogP) is 1.74. The van der Waals surface area contributed by atoms with Crippen LogP contribution in [0.2, 0.25) is 0 Å². The first-order valence-corrected chi connectivity index (χ1v) is 3.71. The number of ether oxygens (including phenoxy) is 1. The minimum absolute atomic E-state index is 0.320. The molecule has 0 aromatic carbocycles. The third-order valence-electron chi connectivity index (χ3n) is 1.40. The third kappa shape index (κ3) is 3.67. The second-order valence-electron chi connectivity index (χ2n) is 2.72. The molecule has 0 spiro atoms. The van der Waals surface area contributed by atoms with Crippen LogP contribution in [-0.4, -0.2) is 11.6 Å². The van der Waals surface area contributed by atoms with E-state index in [1.807, 2.05) is 6.92 Å². The summed E-state index contributed by atoms with van der Waals surface area (Å²) < 4.78 is 4.95. The van der Waals surface area contributed by atoms with E-state index in [9.17, 15) is 4.79 Å². The highest BCUT2D eigenvalue weighted by atomic mass is 16.6. The lowest BCUT2D eigenvalue weighted by molar-refractivity contribution is -0.150. The van der Waals surface area contributed by atoms with Crippen molar-refractivity contribution in [2.45, 2.75) is 39.2 Å². The van der Waals surface area contributed by atoms with Gasteiger partial charge in [-0.3, -0.25) is 4.79 Å². The van der Waals surface area contributed by atoms with E-state index >= 15 is 0 Å². The Morgan fingerprint density at radius 3 is 2.55 bits per heavy atom. The van der Waals surface area contributed by atoms with Crippen molar-refractivity contribution in [1.82, 2.24) is 0 Å². The smallest absolute Gasteiger partial charge is 0.304 e. The van der Waals surface area contributed by atoms with Crippen molar-refractivity contribution in [3.8, 4) is 12.3 Å². The molecule has 11 heavy (non-hydrogen) atoms. The maximum atomic E-state index is 10.6. The SMILES string of the molecule is C#CC(C)(CCC)OC(C)=O. The van der Waals surface area contributed by atoms with E-state index in [4.69, 9.17) is 11.2 Å². The Balaban J connectivity index is 4.13. The Labute approximate surface area is 67.9 Å². The number of hydrogen-bond acceptors (Lipinski definition) is 2. The first-order chi connectivity index (χ1) is 5.04. The van der Waals surface area contributed by atoms with Crippen LogP contribution in [0.3, 0.4) is 0 Å². The molecule has 0 bridgehead atoms. The Bertz CT molecular complexity index is 178. The monoisotopic (exact) mass is 154 g/mol. The van der Waals surface area contributed by atoms with Crippen LogP contribution in [-0.2, 0) is 9.53 Å². The molecule has 62 valence electrons. The van der Waals surface area contributed by atoms with Gasteiger partial charge < -0.3 is 4.74 Å². The molecule has 0 N–H and O–H groups in total. The summed E-state index contributed by atoms with van der Waals surface area (Å²) in [5, 5.41) is 0. The molecule has 0 aromatic heterocycles. The lowest BCUT2D eigenvalue weighted by atomic mass is 10.0. The summed E-state index contributed by atoms with van der Waals surface area (Å²) in [5.74, 6) is 2.15. The molecule has 0 heterocycles. The van der Waals surface area contributed by atoms with E-state index in [0.29, 0.717) is 6.42 Å². The zero-order valence-corrected chi connectivity index (χ0v) is 7.31. The van der Waals surface area contributed by atoms with E-state index in [0.717, 1.165) is 6.42 Å². The lowest BCUT2D eigenvalue weighted by Gasteiger charge is -2.22.